The second kappa shape index (κ2) is 8.03. The normalized spacial score (nSPS) is 13.1. The minimum absolute atomic E-state index is 0.108. The zero-order valence-corrected chi connectivity index (χ0v) is 15.0. The minimum Gasteiger partial charge on any atom is -0.324 e. The quantitative estimate of drug-likeness (QED) is 0.585. The Labute approximate surface area is 148 Å². The smallest absolute Gasteiger partial charge is 0.292 e. The Balaban J connectivity index is 2.04. The molecule has 2 atom stereocenters. The predicted molar refractivity (Wildman–Crippen MR) is 95.9 cm³/mol. The van der Waals surface area contributed by atoms with Gasteiger partial charge in [-0.25, -0.2) is 0 Å². The first-order valence-corrected chi connectivity index (χ1v) is 8.29. The largest absolute Gasteiger partial charge is 0.324 e. The van der Waals surface area contributed by atoms with Gasteiger partial charge >= 0.3 is 0 Å². The van der Waals surface area contributed by atoms with Crippen molar-refractivity contribution in [3.05, 3.63) is 68.7 Å². The molecule has 0 aromatic heterocycles. The van der Waals surface area contributed by atoms with Gasteiger partial charge in [0.25, 0.3) is 11.6 Å². The summed E-state index contributed by atoms with van der Waals surface area (Å²) in [7, 11) is 1.92. The fraction of sp³-hybridized carbons (Fsp3) is 0.235. The Hall–Kier alpha value is -2.25. The Morgan fingerprint density at radius 3 is 2.50 bits per heavy atom. The Morgan fingerprint density at radius 1 is 1.25 bits per heavy atom. The van der Waals surface area contributed by atoms with E-state index < -0.39 is 4.92 Å². The molecule has 2 N–H and O–H groups in total. The van der Waals surface area contributed by atoms with Gasteiger partial charge < -0.3 is 10.2 Å². The maximum absolute atomic E-state index is 12.4. The molecule has 7 heteroatoms. The van der Waals surface area contributed by atoms with Crippen LogP contribution in [0, 0.1) is 10.1 Å². The average molecular weight is 393 g/mol. The third-order valence-corrected chi connectivity index (χ3v) is 4.42. The molecule has 2 aromatic rings. The Bertz CT molecular complexity index is 734. The standard InChI is InChI=1S/C17H18BrN3O3/c1-12(20(2)11-13-7-9-14(18)10-8-13)17(22)19-15-5-3-4-6-16(15)21(23)24/h3-10,12H,11H2,1-2H3,(H,19,22)/p+1/t12-/m0/s1. The lowest BCUT2D eigenvalue weighted by Gasteiger charge is -2.21. The van der Waals surface area contributed by atoms with Gasteiger partial charge in [0.05, 0.1) is 12.0 Å². The van der Waals surface area contributed by atoms with E-state index in [0.717, 1.165) is 14.9 Å². The Kier molecular flexibility index (Phi) is 6.05. The van der Waals surface area contributed by atoms with Gasteiger partial charge in [-0.15, -0.1) is 0 Å². The van der Waals surface area contributed by atoms with Crippen LogP contribution in [-0.4, -0.2) is 23.9 Å². The molecule has 0 saturated heterocycles. The van der Waals surface area contributed by atoms with Crippen molar-refractivity contribution < 1.29 is 14.6 Å². The van der Waals surface area contributed by atoms with Gasteiger partial charge in [0.1, 0.15) is 12.2 Å². The van der Waals surface area contributed by atoms with Crippen molar-refractivity contribution in [1.82, 2.24) is 0 Å². The van der Waals surface area contributed by atoms with Crippen molar-refractivity contribution in [2.45, 2.75) is 19.5 Å². The summed E-state index contributed by atoms with van der Waals surface area (Å²) in [6, 6.07) is 13.7. The SMILES string of the molecule is C[C@@H](C(=O)Nc1ccccc1[N+](=O)[O-])[NH+](C)Cc1ccc(Br)cc1. The van der Waals surface area contributed by atoms with Gasteiger partial charge in [-0.3, -0.25) is 14.9 Å². The number of amides is 1. The summed E-state index contributed by atoms with van der Waals surface area (Å²) in [5.74, 6) is -0.251. The van der Waals surface area contributed by atoms with Crippen LogP contribution in [0.5, 0.6) is 0 Å². The number of halogens is 1. The van der Waals surface area contributed by atoms with Crippen molar-refractivity contribution >= 4 is 33.2 Å². The predicted octanol–water partition coefficient (Wildman–Crippen LogP) is 2.40. The second-order valence-electron chi connectivity index (χ2n) is 5.63. The number of nitrogens with zero attached hydrogens (tertiary/aromatic N) is 1. The fourth-order valence-corrected chi connectivity index (χ4v) is 2.54. The summed E-state index contributed by atoms with van der Waals surface area (Å²) in [6.45, 7) is 2.48. The van der Waals surface area contributed by atoms with Crippen LogP contribution >= 0.6 is 15.9 Å². The molecule has 1 unspecified atom stereocenters. The zero-order valence-electron chi connectivity index (χ0n) is 13.5. The number of carbonyl (C=O) groups is 1. The van der Waals surface area contributed by atoms with Crippen molar-refractivity contribution in [2.24, 2.45) is 0 Å². The number of nitro groups is 1. The van der Waals surface area contributed by atoms with E-state index in [1.54, 1.807) is 19.1 Å². The van der Waals surface area contributed by atoms with E-state index in [2.05, 4.69) is 21.2 Å². The fourth-order valence-electron chi connectivity index (χ4n) is 2.28. The van der Waals surface area contributed by atoms with Crippen molar-refractivity contribution in [2.75, 3.05) is 12.4 Å². The van der Waals surface area contributed by atoms with Crippen LogP contribution in [0.1, 0.15) is 12.5 Å². The van der Waals surface area contributed by atoms with E-state index in [1.165, 1.54) is 12.1 Å². The number of anilines is 1. The van der Waals surface area contributed by atoms with E-state index in [1.807, 2.05) is 31.3 Å². The zero-order chi connectivity index (χ0) is 17.7. The average Bonchev–Trinajstić information content (AvgIpc) is 2.56. The number of nitro benzene ring substituents is 1. The molecule has 0 aliphatic rings. The number of hydrogen-bond donors (Lipinski definition) is 2. The summed E-state index contributed by atoms with van der Waals surface area (Å²) in [6.07, 6.45) is 0. The number of likely N-dealkylation sites (N-methyl/N-ethyl adjacent to an activating group) is 1. The highest BCUT2D eigenvalue weighted by atomic mass is 79.9. The first kappa shape index (κ1) is 18.1. The summed E-state index contributed by atoms with van der Waals surface area (Å²) in [5, 5.41) is 13.7. The molecule has 6 nitrogen and oxygen atoms in total. The maximum atomic E-state index is 12.4. The molecule has 0 saturated carbocycles. The van der Waals surface area contributed by atoms with Crippen LogP contribution in [0.2, 0.25) is 0 Å². The van der Waals surface area contributed by atoms with Crippen LogP contribution in [0.25, 0.3) is 0 Å². The van der Waals surface area contributed by atoms with Crippen molar-refractivity contribution in [3.63, 3.8) is 0 Å². The van der Waals surface area contributed by atoms with Gasteiger partial charge in [-0.05, 0) is 25.1 Å². The molecule has 0 fully saturated rings. The number of rotatable bonds is 6. The Morgan fingerprint density at radius 2 is 1.88 bits per heavy atom. The van der Waals surface area contributed by atoms with Crippen LogP contribution in [0.3, 0.4) is 0 Å². The highest BCUT2D eigenvalue weighted by Gasteiger charge is 2.24. The van der Waals surface area contributed by atoms with E-state index in [9.17, 15) is 14.9 Å². The first-order valence-electron chi connectivity index (χ1n) is 7.49. The molecule has 0 radical (unpaired) electrons. The highest BCUT2D eigenvalue weighted by molar-refractivity contribution is 9.10. The van der Waals surface area contributed by atoms with E-state index >= 15 is 0 Å². The summed E-state index contributed by atoms with van der Waals surface area (Å²) < 4.78 is 1.01. The van der Waals surface area contributed by atoms with Gasteiger partial charge in [0, 0.05) is 16.1 Å². The number of carbonyl (C=O) groups excluding carboxylic acids is 1. The number of benzene rings is 2. The van der Waals surface area contributed by atoms with Crippen molar-refractivity contribution in [1.29, 1.82) is 0 Å². The van der Waals surface area contributed by atoms with Gasteiger partial charge in [0.2, 0.25) is 0 Å². The molecule has 0 spiro atoms. The monoisotopic (exact) mass is 392 g/mol. The molecule has 0 bridgehead atoms. The third-order valence-electron chi connectivity index (χ3n) is 3.89. The second-order valence-corrected chi connectivity index (χ2v) is 6.55. The van der Waals surface area contributed by atoms with Gasteiger partial charge in [-0.2, -0.15) is 0 Å². The van der Waals surface area contributed by atoms with E-state index in [4.69, 9.17) is 0 Å². The highest BCUT2D eigenvalue weighted by Crippen LogP contribution is 2.23. The summed E-state index contributed by atoms with van der Waals surface area (Å²) in [5.41, 5.74) is 1.22. The topological polar surface area (TPSA) is 76.7 Å². The lowest BCUT2D eigenvalue weighted by Crippen LogP contribution is -3.12. The lowest BCUT2D eigenvalue weighted by atomic mass is 10.2. The molecule has 0 heterocycles. The molecule has 126 valence electrons. The number of para-hydroxylation sites is 2. The maximum Gasteiger partial charge on any atom is 0.292 e. The number of hydrogen-bond acceptors (Lipinski definition) is 3. The first-order chi connectivity index (χ1) is 11.4. The van der Waals surface area contributed by atoms with Gasteiger partial charge in [0.15, 0.2) is 6.04 Å². The summed E-state index contributed by atoms with van der Waals surface area (Å²) >= 11 is 3.39. The van der Waals surface area contributed by atoms with Crippen molar-refractivity contribution in [3.8, 4) is 0 Å². The molecular formula is C17H19BrN3O3+. The lowest BCUT2D eigenvalue weighted by molar-refractivity contribution is -0.907. The third kappa shape index (κ3) is 4.62. The van der Waals surface area contributed by atoms with Crippen LogP contribution in [0.15, 0.2) is 53.0 Å². The molecule has 1 amide bonds. The molecule has 2 aromatic carbocycles. The molecule has 2 rings (SSSR count). The van der Waals surface area contributed by atoms with E-state index in [-0.39, 0.29) is 23.3 Å². The van der Waals surface area contributed by atoms with Crippen LogP contribution in [0.4, 0.5) is 11.4 Å². The number of nitrogens with one attached hydrogen (secondary N) is 2. The minimum atomic E-state index is -0.501. The van der Waals surface area contributed by atoms with Gasteiger partial charge in [-0.1, -0.05) is 40.2 Å². The van der Waals surface area contributed by atoms with Crippen LogP contribution in [-0.2, 0) is 11.3 Å². The van der Waals surface area contributed by atoms with E-state index in [0.29, 0.717) is 6.54 Å². The molecule has 0 aliphatic heterocycles. The molecule has 0 aliphatic carbocycles. The molecule has 24 heavy (non-hydrogen) atoms. The molecular weight excluding hydrogens is 374 g/mol. The number of quaternary nitrogens is 1. The van der Waals surface area contributed by atoms with Crippen LogP contribution < -0.4 is 10.2 Å². The summed E-state index contributed by atoms with van der Waals surface area (Å²) in [4.78, 5) is 23.9.